The Morgan fingerprint density at radius 3 is 2.50 bits per heavy atom. The molecule has 1 aromatic rings. The lowest BCUT2D eigenvalue weighted by molar-refractivity contribution is -0.148. The summed E-state index contributed by atoms with van der Waals surface area (Å²) >= 11 is 0. The maximum Gasteiger partial charge on any atom is 0.248 e. The van der Waals surface area contributed by atoms with E-state index in [1.165, 1.54) is 7.11 Å². The highest BCUT2D eigenvalue weighted by Crippen LogP contribution is 2.29. The molecule has 2 fully saturated rings. The van der Waals surface area contributed by atoms with Crippen LogP contribution in [0.15, 0.2) is 24.3 Å². The SMILES string of the molecule is COCC(=O)N1CCC[C@H](C(=O)N2CC(Oc3ccccc3OC)C2)C1. The summed E-state index contributed by atoms with van der Waals surface area (Å²) in [7, 11) is 3.12. The number of hydrogen-bond donors (Lipinski definition) is 0. The predicted octanol–water partition coefficient (Wildman–Crippen LogP) is 1.17. The first-order chi connectivity index (χ1) is 12.6. The highest BCUT2D eigenvalue weighted by molar-refractivity contribution is 5.82. The minimum atomic E-state index is -0.128. The average Bonchev–Trinajstić information content (AvgIpc) is 2.64. The lowest BCUT2D eigenvalue weighted by Gasteiger charge is -2.42. The quantitative estimate of drug-likeness (QED) is 0.760. The van der Waals surface area contributed by atoms with E-state index in [0.717, 1.165) is 12.8 Å². The van der Waals surface area contributed by atoms with Crippen LogP contribution >= 0.6 is 0 Å². The Morgan fingerprint density at radius 1 is 1.08 bits per heavy atom. The predicted molar refractivity (Wildman–Crippen MR) is 95.2 cm³/mol. The molecular weight excluding hydrogens is 336 g/mol. The molecular formula is C19H26N2O5. The number of likely N-dealkylation sites (tertiary alicyclic amines) is 2. The van der Waals surface area contributed by atoms with E-state index in [9.17, 15) is 9.59 Å². The third kappa shape index (κ3) is 4.09. The highest BCUT2D eigenvalue weighted by atomic mass is 16.5. The molecule has 26 heavy (non-hydrogen) atoms. The molecule has 0 N–H and O–H groups in total. The molecule has 0 spiro atoms. The Bertz CT molecular complexity index is 645. The number of amides is 2. The van der Waals surface area contributed by atoms with Gasteiger partial charge in [-0.05, 0) is 25.0 Å². The Labute approximate surface area is 153 Å². The molecule has 7 heteroatoms. The molecule has 0 radical (unpaired) electrons. The van der Waals surface area contributed by atoms with E-state index >= 15 is 0 Å². The van der Waals surface area contributed by atoms with E-state index in [0.29, 0.717) is 37.7 Å². The molecule has 1 atom stereocenters. The van der Waals surface area contributed by atoms with Gasteiger partial charge in [-0.25, -0.2) is 0 Å². The molecule has 7 nitrogen and oxygen atoms in total. The fraction of sp³-hybridized carbons (Fsp3) is 0.579. The van der Waals surface area contributed by atoms with Crippen molar-refractivity contribution in [2.24, 2.45) is 5.92 Å². The molecule has 1 aromatic carbocycles. The van der Waals surface area contributed by atoms with E-state index in [4.69, 9.17) is 14.2 Å². The summed E-state index contributed by atoms with van der Waals surface area (Å²) in [4.78, 5) is 28.2. The van der Waals surface area contributed by atoms with Gasteiger partial charge in [-0.2, -0.15) is 0 Å². The van der Waals surface area contributed by atoms with Crippen LogP contribution in [0.25, 0.3) is 0 Å². The van der Waals surface area contributed by atoms with Crippen LogP contribution < -0.4 is 9.47 Å². The van der Waals surface area contributed by atoms with Crippen LogP contribution in [0.1, 0.15) is 12.8 Å². The molecule has 0 aromatic heterocycles. The van der Waals surface area contributed by atoms with Gasteiger partial charge in [-0.15, -0.1) is 0 Å². The van der Waals surface area contributed by atoms with Gasteiger partial charge in [-0.1, -0.05) is 12.1 Å². The van der Waals surface area contributed by atoms with Gasteiger partial charge in [0.2, 0.25) is 11.8 Å². The van der Waals surface area contributed by atoms with Gasteiger partial charge in [0, 0.05) is 20.2 Å². The Hall–Kier alpha value is -2.28. The summed E-state index contributed by atoms with van der Waals surface area (Å²) in [5.74, 6) is 1.32. The number of nitrogens with zero attached hydrogens (tertiary/aromatic N) is 2. The maximum atomic E-state index is 12.7. The summed E-state index contributed by atoms with van der Waals surface area (Å²) in [6.45, 7) is 2.39. The molecule has 2 aliphatic heterocycles. The first kappa shape index (κ1) is 18.5. The molecule has 2 saturated heterocycles. The molecule has 0 saturated carbocycles. The number of para-hydroxylation sites is 2. The standard InChI is InChI=1S/C19H26N2O5/c1-24-13-18(22)20-9-5-6-14(10-20)19(23)21-11-15(12-21)26-17-8-4-3-7-16(17)25-2/h3-4,7-8,14-15H,5-6,9-13H2,1-2H3/t14-/m0/s1. The molecule has 142 valence electrons. The third-order valence-electron chi connectivity index (χ3n) is 4.91. The van der Waals surface area contributed by atoms with Gasteiger partial charge in [0.05, 0.1) is 26.1 Å². The second-order valence-electron chi connectivity index (χ2n) is 6.75. The van der Waals surface area contributed by atoms with Crippen molar-refractivity contribution in [3.8, 4) is 11.5 Å². The molecule has 2 heterocycles. The lowest BCUT2D eigenvalue weighted by atomic mass is 9.94. The number of methoxy groups -OCH3 is 2. The number of carbonyl (C=O) groups is 2. The van der Waals surface area contributed by atoms with Crippen LogP contribution in [-0.4, -0.2) is 74.7 Å². The van der Waals surface area contributed by atoms with Gasteiger partial charge in [0.15, 0.2) is 11.5 Å². The second kappa shape index (κ2) is 8.40. The van der Waals surface area contributed by atoms with Crippen LogP contribution in [0.3, 0.4) is 0 Å². The fourth-order valence-corrected chi connectivity index (χ4v) is 3.47. The number of ether oxygens (including phenoxy) is 3. The molecule has 2 amide bonds. The fourth-order valence-electron chi connectivity index (χ4n) is 3.47. The van der Waals surface area contributed by atoms with E-state index < -0.39 is 0 Å². The minimum Gasteiger partial charge on any atom is -0.493 e. The van der Waals surface area contributed by atoms with Gasteiger partial charge in [0.1, 0.15) is 12.7 Å². The summed E-state index contributed by atoms with van der Waals surface area (Å²) in [6.07, 6.45) is 1.65. The van der Waals surface area contributed by atoms with Crippen LogP contribution in [0, 0.1) is 5.92 Å². The summed E-state index contributed by atoms with van der Waals surface area (Å²) in [5, 5.41) is 0. The highest BCUT2D eigenvalue weighted by Gasteiger charge is 2.38. The van der Waals surface area contributed by atoms with Crippen LogP contribution in [0.4, 0.5) is 0 Å². The first-order valence-electron chi connectivity index (χ1n) is 8.97. The number of carbonyl (C=O) groups excluding carboxylic acids is 2. The van der Waals surface area contributed by atoms with Gasteiger partial charge < -0.3 is 24.0 Å². The number of benzene rings is 1. The number of rotatable bonds is 6. The largest absolute Gasteiger partial charge is 0.493 e. The van der Waals surface area contributed by atoms with Crippen molar-refractivity contribution < 1.29 is 23.8 Å². The summed E-state index contributed by atoms with van der Waals surface area (Å²) < 4.78 is 16.1. The zero-order valence-electron chi connectivity index (χ0n) is 15.3. The molecule has 0 unspecified atom stereocenters. The second-order valence-corrected chi connectivity index (χ2v) is 6.75. The minimum absolute atomic E-state index is 0.0231. The molecule has 2 aliphatic rings. The summed E-state index contributed by atoms with van der Waals surface area (Å²) in [5.41, 5.74) is 0. The molecule has 0 aliphatic carbocycles. The van der Waals surface area contributed by atoms with Crippen molar-refractivity contribution in [1.82, 2.24) is 9.80 Å². The summed E-state index contributed by atoms with van der Waals surface area (Å²) in [6, 6.07) is 7.50. The van der Waals surface area contributed by atoms with Crippen molar-refractivity contribution in [2.45, 2.75) is 18.9 Å². The van der Waals surface area contributed by atoms with E-state index in [-0.39, 0.29) is 30.4 Å². The zero-order chi connectivity index (χ0) is 18.5. The van der Waals surface area contributed by atoms with E-state index in [1.807, 2.05) is 29.2 Å². The van der Waals surface area contributed by atoms with Crippen molar-refractivity contribution in [2.75, 3.05) is 47.0 Å². The van der Waals surface area contributed by atoms with Crippen molar-refractivity contribution >= 4 is 11.8 Å². The average molecular weight is 362 g/mol. The van der Waals surface area contributed by atoms with Crippen LogP contribution in [0.2, 0.25) is 0 Å². The normalized spacial score (nSPS) is 20.5. The van der Waals surface area contributed by atoms with Crippen molar-refractivity contribution in [3.05, 3.63) is 24.3 Å². The molecule has 3 rings (SSSR count). The zero-order valence-corrected chi connectivity index (χ0v) is 15.3. The Balaban J connectivity index is 1.49. The lowest BCUT2D eigenvalue weighted by Crippen LogP contribution is -2.59. The Kier molecular flexibility index (Phi) is 5.98. The van der Waals surface area contributed by atoms with Crippen LogP contribution in [0.5, 0.6) is 11.5 Å². The van der Waals surface area contributed by atoms with Crippen molar-refractivity contribution in [3.63, 3.8) is 0 Å². The Morgan fingerprint density at radius 2 is 1.81 bits per heavy atom. The van der Waals surface area contributed by atoms with Crippen LogP contribution in [-0.2, 0) is 14.3 Å². The number of piperidine rings is 1. The maximum absolute atomic E-state index is 12.7. The van der Waals surface area contributed by atoms with Gasteiger partial charge >= 0.3 is 0 Å². The first-order valence-corrected chi connectivity index (χ1v) is 8.97. The van der Waals surface area contributed by atoms with E-state index in [1.54, 1.807) is 12.0 Å². The third-order valence-corrected chi connectivity index (χ3v) is 4.91. The van der Waals surface area contributed by atoms with Gasteiger partial charge in [0.25, 0.3) is 0 Å². The molecule has 0 bridgehead atoms. The van der Waals surface area contributed by atoms with Gasteiger partial charge in [-0.3, -0.25) is 9.59 Å². The van der Waals surface area contributed by atoms with Crippen molar-refractivity contribution in [1.29, 1.82) is 0 Å². The number of hydrogen-bond acceptors (Lipinski definition) is 5. The topological polar surface area (TPSA) is 68.3 Å². The smallest absolute Gasteiger partial charge is 0.248 e. The monoisotopic (exact) mass is 362 g/mol. The van der Waals surface area contributed by atoms with E-state index in [2.05, 4.69) is 0 Å².